The molecule has 0 aliphatic carbocycles. The van der Waals surface area contributed by atoms with E-state index >= 15 is 0 Å². The fourth-order valence-corrected chi connectivity index (χ4v) is 1.45. The van der Waals surface area contributed by atoms with Crippen molar-refractivity contribution in [2.24, 2.45) is 0 Å². The number of hydrogen-bond acceptors (Lipinski definition) is 4. The van der Waals surface area contributed by atoms with Crippen LogP contribution in [0, 0.1) is 5.82 Å². The molecule has 2 rings (SSSR count). The molecule has 1 heterocycles. The van der Waals surface area contributed by atoms with E-state index in [1.807, 2.05) is 0 Å². The molecular formula is C11H10FN3O3. The van der Waals surface area contributed by atoms with Crippen molar-refractivity contribution < 1.29 is 19.4 Å². The van der Waals surface area contributed by atoms with Gasteiger partial charge in [-0.1, -0.05) is 17.3 Å². The number of benzene rings is 1. The van der Waals surface area contributed by atoms with Gasteiger partial charge in [-0.05, 0) is 17.7 Å². The Balaban J connectivity index is 2.08. The van der Waals surface area contributed by atoms with E-state index < -0.39 is 12.1 Å². The molecule has 1 atom stereocenters. The number of aliphatic hydroxyl groups excluding tert-OH is 1. The number of rotatable bonds is 4. The molecule has 2 aromatic rings. The van der Waals surface area contributed by atoms with Gasteiger partial charge in [0.25, 0.3) is 0 Å². The Morgan fingerprint density at radius 1 is 1.39 bits per heavy atom. The number of aliphatic hydroxyl groups is 1. The normalized spacial score (nSPS) is 12.3. The zero-order valence-electron chi connectivity index (χ0n) is 9.19. The van der Waals surface area contributed by atoms with Crippen LogP contribution >= 0.6 is 0 Å². The average Bonchev–Trinajstić information content (AvgIpc) is 2.78. The highest BCUT2D eigenvalue weighted by Gasteiger charge is 2.12. The van der Waals surface area contributed by atoms with Gasteiger partial charge in [0.15, 0.2) is 5.69 Å². The molecule has 0 amide bonds. The second-order valence-electron chi connectivity index (χ2n) is 3.70. The van der Waals surface area contributed by atoms with Crippen molar-refractivity contribution in [2.75, 3.05) is 0 Å². The third-order valence-corrected chi connectivity index (χ3v) is 2.37. The zero-order chi connectivity index (χ0) is 13.1. The summed E-state index contributed by atoms with van der Waals surface area (Å²) in [5.74, 6) is -1.57. The smallest absolute Gasteiger partial charge is 0.358 e. The Morgan fingerprint density at radius 3 is 2.61 bits per heavy atom. The van der Waals surface area contributed by atoms with Crippen LogP contribution in [-0.2, 0) is 6.54 Å². The molecule has 0 aliphatic rings. The highest BCUT2D eigenvalue weighted by molar-refractivity contribution is 5.84. The van der Waals surface area contributed by atoms with Crippen molar-refractivity contribution in [3.05, 3.63) is 47.5 Å². The van der Waals surface area contributed by atoms with Crippen molar-refractivity contribution in [3.63, 3.8) is 0 Å². The molecule has 1 unspecified atom stereocenters. The van der Waals surface area contributed by atoms with Crippen LogP contribution in [-0.4, -0.2) is 31.2 Å². The number of halogens is 1. The molecular weight excluding hydrogens is 241 g/mol. The molecule has 0 saturated carbocycles. The van der Waals surface area contributed by atoms with Crippen molar-refractivity contribution in [2.45, 2.75) is 12.6 Å². The standard InChI is InChI=1S/C11H10FN3O3/c12-8-3-1-7(2-4-8)10(16)6-15-5-9(11(17)18)13-14-15/h1-5,10,16H,6H2,(H,17,18). The number of nitrogens with zero attached hydrogens (tertiary/aromatic N) is 3. The maximum Gasteiger partial charge on any atom is 0.358 e. The molecule has 0 radical (unpaired) electrons. The molecule has 0 spiro atoms. The summed E-state index contributed by atoms with van der Waals surface area (Å²) in [6, 6.07) is 5.38. The van der Waals surface area contributed by atoms with E-state index in [1.165, 1.54) is 35.1 Å². The van der Waals surface area contributed by atoms with Gasteiger partial charge in [0.05, 0.1) is 18.8 Å². The van der Waals surface area contributed by atoms with Gasteiger partial charge in [0, 0.05) is 0 Å². The van der Waals surface area contributed by atoms with Crippen molar-refractivity contribution in [1.82, 2.24) is 15.0 Å². The Hall–Kier alpha value is -2.28. The minimum Gasteiger partial charge on any atom is -0.476 e. The first kappa shape index (κ1) is 12.2. The lowest BCUT2D eigenvalue weighted by Crippen LogP contribution is -2.09. The van der Waals surface area contributed by atoms with E-state index in [1.54, 1.807) is 0 Å². The number of aromatic carboxylic acids is 1. The fourth-order valence-electron chi connectivity index (χ4n) is 1.45. The molecule has 0 saturated heterocycles. The van der Waals surface area contributed by atoms with E-state index in [-0.39, 0.29) is 18.1 Å². The molecule has 6 nitrogen and oxygen atoms in total. The molecule has 2 N–H and O–H groups in total. The number of carbonyl (C=O) groups is 1. The summed E-state index contributed by atoms with van der Waals surface area (Å²) in [6.07, 6.45) is 0.309. The van der Waals surface area contributed by atoms with E-state index in [0.717, 1.165) is 0 Å². The van der Waals surface area contributed by atoms with Gasteiger partial charge in [0.1, 0.15) is 5.82 Å². The first-order valence-corrected chi connectivity index (χ1v) is 5.13. The van der Waals surface area contributed by atoms with Crippen molar-refractivity contribution in [1.29, 1.82) is 0 Å². The lowest BCUT2D eigenvalue weighted by Gasteiger charge is -2.10. The zero-order valence-corrected chi connectivity index (χ0v) is 9.19. The summed E-state index contributed by atoms with van der Waals surface area (Å²) >= 11 is 0. The molecule has 0 bridgehead atoms. The minimum absolute atomic E-state index is 0.0475. The highest BCUT2D eigenvalue weighted by Crippen LogP contribution is 2.15. The third kappa shape index (κ3) is 2.69. The van der Waals surface area contributed by atoms with Crippen molar-refractivity contribution in [3.8, 4) is 0 Å². The van der Waals surface area contributed by atoms with E-state index in [9.17, 15) is 14.3 Å². The van der Waals surface area contributed by atoms with Gasteiger partial charge in [-0.25, -0.2) is 13.9 Å². The van der Waals surface area contributed by atoms with E-state index in [2.05, 4.69) is 10.3 Å². The SMILES string of the molecule is O=C(O)c1cn(CC(O)c2ccc(F)cc2)nn1. The van der Waals surface area contributed by atoms with Crippen LogP contribution < -0.4 is 0 Å². The monoisotopic (exact) mass is 251 g/mol. The summed E-state index contributed by atoms with van der Waals surface area (Å²) < 4.78 is 13.9. The Kier molecular flexibility index (Phi) is 3.33. The first-order chi connectivity index (χ1) is 8.56. The number of hydrogen-bond donors (Lipinski definition) is 2. The van der Waals surface area contributed by atoms with Crippen LogP contribution in [0.1, 0.15) is 22.2 Å². The Morgan fingerprint density at radius 2 is 2.06 bits per heavy atom. The van der Waals surface area contributed by atoms with Crippen molar-refractivity contribution >= 4 is 5.97 Å². The predicted molar refractivity (Wildman–Crippen MR) is 58.3 cm³/mol. The van der Waals surface area contributed by atoms with Gasteiger partial charge < -0.3 is 10.2 Å². The fraction of sp³-hybridized carbons (Fsp3) is 0.182. The van der Waals surface area contributed by atoms with Gasteiger partial charge >= 0.3 is 5.97 Å². The minimum atomic E-state index is -1.18. The summed E-state index contributed by atoms with van der Waals surface area (Å²) in [4.78, 5) is 10.6. The molecule has 0 fully saturated rings. The summed E-state index contributed by atoms with van der Waals surface area (Å²) in [6.45, 7) is 0.0475. The highest BCUT2D eigenvalue weighted by atomic mass is 19.1. The maximum atomic E-state index is 12.7. The van der Waals surface area contributed by atoms with Crippen LogP contribution in [0.25, 0.3) is 0 Å². The van der Waals surface area contributed by atoms with Gasteiger partial charge in [-0.15, -0.1) is 5.10 Å². The van der Waals surface area contributed by atoms with Crippen LogP contribution in [0.3, 0.4) is 0 Å². The van der Waals surface area contributed by atoms with Gasteiger partial charge in [-0.3, -0.25) is 0 Å². The van der Waals surface area contributed by atoms with Crippen LogP contribution in [0.2, 0.25) is 0 Å². The predicted octanol–water partition coefficient (Wildman–Crippen LogP) is 0.849. The average molecular weight is 251 g/mol. The summed E-state index contributed by atoms with van der Waals surface area (Å²) in [5, 5.41) is 25.5. The second kappa shape index (κ2) is 4.92. The van der Waals surface area contributed by atoms with Crippen LogP contribution in [0.15, 0.2) is 30.5 Å². The largest absolute Gasteiger partial charge is 0.476 e. The summed E-state index contributed by atoms with van der Waals surface area (Å²) in [5.41, 5.74) is 0.324. The molecule has 1 aromatic carbocycles. The Labute approximate surface area is 101 Å². The molecule has 94 valence electrons. The molecule has 18 heavy (non-hydrogen) atoms. The number of carboxylic acid groups (broad SMARTS) is 1. The maximum absolute atomic E-state index is 12.7. The number of aromatic nitrogens is 3. The Bertz CT molecular complexity index is 553. The third-order valence-electron chi connectivity index (χ3n) is 2.37. The van der Waals surface area contributed by atoms with E-state index in [0.29, 0.717) is 5.56 Å². The van der Waals surface area contributed by atoms with Crippen LogP contribution in [0.5, 0.6) is 0 Å². The lowest BCUT2D eigenvalue weighted by atomic mass is 10.1. The molecule has 7 heteroatoms. The number of carboxylic acids is 1. The van der Waals surface area contributed by atoms with Gasteiger partial charge in [0.2, 0.25) is 0 Å². The van der Waals surface area contributed by atoms with Gasteiger partial charge in [-0.2, -0.15) is 0 Å². The molecule has 1 aromatic heterocycles. The quantitative estimate of drug-likeness (QED) is 0.841. The van der Waals surface area contributed by atoms with Crippen LogP contribution in [0.4, 0.5) is 4.39 Å². The topological polar surface area (TPSA) is 88.2 Å². The van der Waals surface area contributed by atoms with E-state index in [4.69, 9.17) is 5.11 Å². The summed E-state index contributed by atoms with van der Waals surface area (Å²) in [7, 11) is 0. The lowest BCUT2D eigenvalue weighted by molar-refractivity contribution is 0.0690. The molecule has 0 aliphatic heterocycles. The first-order valence-electron chi connectivity index (χ1n) is 5.13. The second-order valence-corrected chi connectivity index (χ2v) is 3.70.